The van der Waals surface area contributed by atoms with E-state index in [1.54, 1.807) is 7.11 Å². The predicted octanol–water partition coefficient (Wildman–Crippen LogP) is 2.19. The smallest absolute Gasteiger partial charge is 0.404 e. The molecule has 1 aromatic rings. The third kappa shape index (κ3) is 5.27. The lowest BCUT2D eigenvalue weighted by molar-refractivity contribution is 0.0560. The van der Waals surface area contributed by atoms with Crippen LogP contribution in [-0.4, -0.2) is 43.8 Å². The molecule has 0 aromatic heterocycles. The maximum absolute atomic E-state index is 10.7. The van der Waals surface area contributed by atoms with E-state index < -0.39 is 6.09 Å². The monoisotopic (exact) mass is 292 g/mol. The van der Waals surface area contributed by atoms with Crippen molar-refractivity contribution in [3.8, 4) is 5.75 Å². The number of ether oxygens (including phenoxy) is 2. The number of primary amides is 1. The number of rotatable bonds is 6. The Labute approximate surface area is 126 Å². The second-order valence-corrected chi connectivity index (χ2v) is 5.43. The summed E-state index contributed by atoms with van der Waals surface area (Å²) in [6.45, 7) is 3.02. The zero-order valence-corrected chi connectivity index (χ0v) is 12.6. The Kier molecular flexibility index (Phi) is 5.87. The van der Waals surface area contributed by atoms with E-state index in [0.717, 1.165) is 51.1 Å². The highest BCUT2D eigenvalue weighted by molar-refractivity contribution is 5.64. The fraction of sp³-hybridized carbons (Fsp3) is 0.562. The molecule has 0 bridgehead atoms. The molecule has 116 valence electrons. The van der Waals surface area contributed by atoms with Gasteiger partial charge in [-0.05, 0) is 49.9 Å². The Hall–Kier alpha value is -1.75. The number of hydrogen-bond donors (Lipinski definition) is 1. The summed E-state index contributed by atoms with van der Waals surface area (Å²) in [6, 6.07) is 8.24. The first-order chi connectivity index (χ1) is 10.2. The maximum atomic E-state index is 10.7. The van der Waals surface area contributed by atoms with Gasteiger partial charge in [-0.1, -0.05) is 12.1 Å². The zero-order valence-electron chi connectivity index (χ0n) is 12.6. The summed E-state index contributed by atoms with van der Waals surface area (Å²) in [4.78, 5) is 13.1. The van der Waals surface area contributed by atoms with Gasteiger partial charge in [0.05, 0.1) is 7.11 Å². The summed E-state index contributed by atoms with van der Waals surface area (Å²) in [5.41, 5.74) is 6.38. The number of likely N-dealkylation sites (tertiary alicyclic amines) is 1. The molecule has 2 N–H and O–H groups in total. The van der Waals surface area contributed by atoms with Crippen molar-refractivity contribution in [2.24, 2.45) is 5.73 Å². The minimum Gasteiger partial charge on any atom is -0.497 e. The maximum Gasteiger partial charge on any atom is 0.404 e. The molecule has 2 rings (SSSR count). The molecule has 0 unspecified atom stereocenters. The molecule has 21 heavy (non-hydrogen) atoms. The molecule has 1 fully saturated rings. The van der Waals surface area contributed by atoms with Crippen molar-refractivity contribution in [1.82, 2.24) is 4.90 Å². The lowest BCUT2D eigenvalue weighted by Gasteiger charge is -2.31. The third-order valence-corrected chi connectivity index (χ3v) is 3.92. The molecule has 1 aromatic carbocycles. The van der Waals surface area contributed by atoms with Crippen LogP contribution in [0.3, 0.4) is 0 Å². The van der Waals surface area contributed by atoms with Gasteiger partial charge < -0.3 is 20.1 Å². The molecule has 1 heterocycles. The molecule has 0 saturated carbocycles. The van der Waals surface area contributed by atoms with Crippen LogP contribution in [0.1, 0.15) is 24.8 Å². The van der Waals surface area contributed by atoms with Crippen LogP contribution >= 0.6 is 0 Å². The lowest BCUT2D eigenvalue weighted by Crippen LogP contribution is -2.39. The first-order valence-electron chi connectivity index (χ1n) is 7.49. The normalized spacial score (nSPS) is 16.6. The molecule has 1 saturated heterocycles. The van der Waals surface area contributed by atoms with E-state index in [9.17, 15) is 4.79 Å². The standard InChI is InChI=1S/C16H24N2O3/c1-20-14-6-4-13(5-7-14)3-2-10-18-11-8-15(9-12-18)21-16(17)19/h4-7,15H,2-3,8-12H2,1H3,(H2,17,19). The van der Waals surface area contributed by atoms with Gasteiger partial charge in [-0.25, -0.2) is 4.79 Å². The number of nitrogens with zero attached hydrogens (tertiary/aromatic N) is 1. The van der Waals surface area contributed by atoms with Crippen molar-refractivity contribution in [3.63, 3.8) is 0 Å². The lowest BCUT2D eigenvalue weighted by atomic mass is 10.1. The average Bonchev–Trinajstić information content (AvgIpc) is 2.49. The Morgan fingerprint density at radius 2 is 1.95 bits per heavy atom. The molecule has 0 atom stereocenters. The molecule has 0 aliphatic carbocycles. The highest BCUT2D eigenvalue weighted by atomic mass is 16.6. The summed E-state index contributed by atoms with van der Waals surface area (Å²) in [7, 11) is 1.68. The van der Waals surface area contributed by atoms with Crippen molar-refractivity contribution >= 4 is 6.09 Å². The summed E-state index contributed by atoms with van der Waals surface area (Å²) < 4.78 is 10.2. The average molecular weight is 292 g/mol. The first kappa shape index (κ1) is 15.6. The summed E-state index contributed by atoms with van der Waals surface area (Å²) >= 11 is 0. The van der Waals surface area contributed by atoms with Crippen LogP contribution in [0.4, 0.5) is 4.79 Å². The Morgan fingerprint density at radius 3 is 2.52 bits per heavy atom. The highest BCUT2D eigenvalue weighted by Crippen LogP contribution is 2.16. The van der Waals surface area contributed by atoms with Crippen LogP contribution in [0, 0.1) is 0 Å². The molecule has 0 radical (unpaired) electrons. The molecule has 1 amide bonds. The number of carbonyl (C=O) groups is 1. The molecule has 5 nitrogen and oxygen atoms in total. The van der Waals surface area contributed by atoms with Gasteiger partial charge in [0.15, 0.2) is 0 Å². The van der Waals surface area contributed by atoms with Gasteiger partial charge in [-0.3, -0.25) is 0 Å². The second kappa shape index (κ2) is 7.88. The molecule has 0 spiro atoms. The fourth-order valence-corrected chi connectivity index (χ4v) is 2.71. The van der Waals surface area contributed by atoms with E-state index in [1.807, 2.05) is 12.1 Å². The second-order valence-electron chi connectivity index (χ2n) is 5.43. The number of amides is 1. The van der Waals surface area contributed by atoms with Gasteiger partial charge in [0.25, 0.3) is 0 Å². The first-order valence-corrected chi connectivity index (χ1v) is 7.49. The SMILES string of the molecule is COc1ccc(CCCN2CCC(OC(N)=O)CC2)cc1. The topological polar surface area (TPSA) is 64.8 Å². The van der Waals surface area contributed by atoms with Crippen LogP contribution in [0.5, 0.6) is 5.75 Å². The van der Waals surface area contributed by atoms with E-state index in [1.165, 1.54) is 5.56 Å². The number of methoxy groups -OCH3 is 1. The van der Waals surface area contributed by atoms with Gasteiger partial charge in [-0.2, -0.15) is 0 Å². The highest BCUT2D eigenvalue weighted by Gasteiger charge is 2.20. The number of carbonyl (C=O) groups excluding carboxylic acids is 1. The van der Waals surface area contributed by atoms with E-state index in [-0.39, 0.29) is 6.10 Å². The van der Waals surface area contributed by atoms with Crippen molar-refractivity contribution in [2.75, 3.05) is 26.7 Å². The van der Waals surface area contributed by atoms with Crippen molar-refractivity contribution in [2.45, 2.75) is 31.8 Å². The van der Waals surface area contributed by atoms with Gasteiger partial charge in [0.2, 0.25) is 0 Å². The number of aryl methyl sites for hydroxylation is 1. The van der Waals surface area contributed by atoms with Crippen molar-refractivity contribution in [1.29, 1.82) is 0 Å². The third-order valence-electron chi connectivity index (χ3n) is 3.92. The fourth-order valence-electron chi connectivity index (χ4n) is 2.71. The van der Waals surface area contributed by atoms with E-state index in [4.69, 9.17) is 15.2 Å². The summed E-state index contributed by atoms with van der Waals surface area (Å²) in [5.74, 6) is 0.898. The summed E-state index contributed by atoms with van der Waals surface area (Å²) in [6.07, 6.45) is 3.31. The molecular formula is C16H24N2O3. The molecule has 5 heteroatoms. The van der Waals surface area contributed by atoms with E-state index in [2.05, 4.69) is 17.0 Å². The largest absolute Gasteiger partial charge is 0.497 e. The number of hydrogen-bond acceptors (Lipinski definition) is 4. The van der Waals surface area contributed by atoms with E-state index >= 15 is 0 Å². The molecular weight excluding hydrogens is 268 g/mol. The zero-order chi connectivity index (χ0) is 15.1. The number of nitrogens with two attached hydrogens (primary N) is 1. The van der Waals surface area contributed by atoms with Crippen LogP contribution in [-0.2, 0) is 11.2 Å². The number of benzene rings is 1. The number of piperidine rings is 1. The van der Waals surface area contributed by atoms with Crippen molar-refractivity contribution < 1.29 is 14.3 Å². The van der Waals surface area contributed by atoms with Crippen molar-refractivity contribution in [3.05, 3.63) is 29.8 Å². The Bertz CT molecular complexity index is 439. The van der Waals surface area contributed by atoms with Crippen LogP contribution in [0.2, 0.25) is 0 Å². The molecule has 1 aliphatic heterocycles. The minimum atomic E-state index is -0.659. The van der Waals surface area contributed by atoms with Crippen LogP contribution in [0.15, 0.2) is 24.3 Å². The van der Waals surface area contributed by atoms with Gasteiger partial charge in [-0.15, -0.1) is 0 Å². The van der Waals surface area contributed by atoms with Crippen LogP contribution < -0.4 is 10.5 Å². The predicted molar refractivity (Wildman–Crippen MR) is 81.4 cm³/mol. The summed E-state index contributed by atoms with van der Waals surface area (Å²) in [5, 5.41) is 0. The Balaban J connectivity index is 1.64. The van der Waals surface area contributed by atoms with Crippen LogP contribution in [0.25, 0.3) is 0 Å². The van der Waals surface area contributed by atoms with Gasteiger partial charge in [0, 0.05) is 13.1 Å². The quantitative estimate of drug-likeness (QED) is 0.873. The van der Waals surface area contributed by atoms with E-state index in [0.29, 0.717) is 0 Å². The molecule has 1 aliphatic rings. The van der Waals surface area contributed by atoms with Gasteiger partial charge >= 0.3 is 6.09 Å². The Morgan fingerprint density at radius 1 is 1.29 bits per heavy atom. The minimum absolute atomic E-state index is 0.000313. The van der Waals surface area contributed by atoms with Gasteiger partial charge in [0.1, 0.15) is 11.9 Å².